The monoisotopic (exact) mass is 517 g/mol. The maximum Gasteiger partial charge on any atom is 0.148 e. The van der Waals surface area contributed by atoms with Crippen LogP contribution in [0.5, 0.6) is 0 Å². The maximum atomic E-state index is 14.2. The summed E-state index contributed by atoms with van der Waals surface area (Å²) in [6.45, 7) is 2.19. The van der Waals surface area contributed by atoms with Crippen LogP contribution in [0, 0.1) is 11.6 Å². The Morgan fingerprint density at radius 3 is 2.71 bits per heavy atom. The van der Waals surface area contributed by atoms with Crippen molar-refractivity contribution in [2.45, 2.75) is 50.6 Å². The van der Waals surface area contributed by atoms with Crippen molar-refractivity contribution in [1.82, 2.24) is 25.5 Å². The van der Waals surface area contributed by atoms with E-state index in [4.69, 9.17) is 0 Å². The normalized spacial score (nSPS) is 19.8. The minimum atomic E-state index is -0.405. The van der Waals surface area contributed by atoms with E-state index in [-0.39, 0.29) is 17.7 Å². The Hall–Kier alpha value is -3.85. The molecule has 1 aliphatic heterocycles. The summed E-state index contributed by atoms with van der Waals surface area (Å²) in [6.07, 6.45) is 10.2. The van der Waals surface area contributed by atoms with E-state index < -0.39 is 5.54 Å². The molecule has 0 radical (unpaired) electrons. The summed E-state index contributed by atoms with van der Waals surface area (Å²) in [5, 5.41) is 13.8. The second kappa shape index (κ2) is 10.9. The number of nitrogens with one attached hydrogen (secondary N) is 3. The largest absolute Gasteiger partial charge is 0.357 e. The molecule has 0 saturated carbocycles. The summed E-state index contributed by atoms with van der Waals surface area (Å²) in [5.41, 5.74) is 7.58. The number of aryl methyl sites for hydroxylation is 1. The molecule has 2 atom stereocenters. The Balaban J connectivity index is 1.50. The lowest BCUT2D eigenvalue weighted by atomic mass is 9.77. The molecule has 9 heteroatoms. The zero-order chi connectivity index (χ0) is 26.7. The summed E-state index contributed by atoms with van der Waals surface area (Å²) in [7, 11) is 3.59. The van der Waals surface area contributed by atoms with Crippen LogP contribution in [-0.4, -0.2) is 39.9 Å². The van der Waals surface area contributed by atoms with Gasteiger partial charge in [-0.2, -0.15) is 10.2 Å². The smallest absolute Gasteiger partial charge is 0.148 e. The number of rotatable bonds is 8. The van der Waals surface area contributed by atoms with Gasteiger partial charge in [-0.15, -0.1) is 0 Å². The van der Waals surface area contributed by atoms with Gasteiger partial charge in [-0.1, -0.05) is 19.8 Å². The Bertz CT molecular complexity index is 1470. The highest BCUT2D eigenvalue weighted by atomic mass is 19.1. The maximum absolute atomic E-state index is 14.2. The predicted octanol–water partition coefficient (Wildman–Crippen LogP) is 4.97. The van der Waals surface area contributed by atoms with Crippen LogP contribution < -0.4 is 10.7 Å². The van der Waals surface area contributed by atoms with Gasteiger partial charge in [0.05, 0.1) is 11.7 Å². The van der Waals surface area contributed by atoms with Gasteiger partial charge in [0.2, 0.25) is 0 Å². The molecule has 3 N–H and O–H groups in total. The van der Waals surface area contributed by atoms with Crippen LogP contribution in [0.2, 0.25) is 0 Å². The van der Waals surface area contributed by atoms with Crippen LogP contribution in [0.15, 0.2) is 65.0 Å². The van der Waals surface area contributed by atoms with Gasteiger partial charge in [0.25, 0.3) is 0 Å². The molecular formula is C29H33F2N7. The molecule has 38 heavy (non-hydrogen) atoms. The number of aliphatic imine (C=N–C) groups is 1. The van der Waals surface area contributed by atoms with E-state index in [1.54, 1.807) is 25.2 Å². The number of amidine groups is 1. The summed E-state index contributed by atoms with van der Waals surface area (Å²) >= 11 is 0. The molecule has 5 rings (SSSR count). The van der Waals surface area contributed by atoms with Crippen molar-refractivity contribution < 1.29 is 8.78 Å². The Kier molecular flexibility index (Phi) is 7.37. The van der Waals surface area contributed by atoms with Crippen molar-refractivity contribution >= 4 is 23.0 Å². The fraction of sp³-hybridized carbons (Fsp3) is 0.345. The van der Waals surface area contributed by atoms with E-state index >= 15 is 0 Å². The second-order valence-corrected chi connectivity index (χ2v) is 9.98. The molecule has 2 aromatic heterocycles. The first kappa shape index (κ1) is 25.8. The topological polar surface area (TPSA) is 82.4 Å². The Morgan fingerprint density at radius 2 is 2.00 bits per heavy atom. The molecule has 0 bridgehead atoms. The fourth-order valence-electron chi connectivity index (χ4n) is 5.49. The molecule has 0 spiro atoms. The molecule has 0 fully saturated rings. The number of nitrogens with zero attached hydrogens (tertiary/aromatic N) is 4. The van der Waals surface area contributed by atoms with E-state index in [9.17, 15) is 8.78 Å². The van der Waals surface area contributed by atoms with Crippen LogP contribution in [0.25, 0.3) is 10.9 Å². The lowest BCUT2D eigenvalue weighted by molar-refractivity contribution is 0.259. The zero-order valence-electron chi connectivity index (χ0n) is 21.9. The van der Waals surface area contributed by atoms with Crippen molar-refractivity contribution in [3.63, 3.8) is 0 Å². The number of unbranched alkanes of at least 4 members (excludes halogenated alkanes) is 1. The van der Waals surface area contributed by atoms with Gasteiger partial charge in [-0.05, 0) is 72.9 Å². The highest BCUT2D eigenvalue weighted by Gasteiger charge is 2.41. The number of halogens is 2. The summed E-state index contributed by atoms with van der Waals surface area (Å²) < 4.78 is 29.3. The number of aromatic amines is 1. The molecule has 7 nitrogen and oxygen atoms in total. The minimum absolute atomic E-state index is 0.0843. The predicted molar refractivity (Wildman–Crippen MR) is 147 cm³/mol. The lowest BCUT2D eigenvalue weighted by Crippen LogP contribution is -2.55. The molecule has 198 valence electrons. The van der Waals surface area contributed by atoms with E-state index in [0.717, 1.165) is 53.4 Å². The van der Waals surface area contributed by atoms with E-state index in [1.807, 2.05) is 36.4 Å². The quantitative estimate of drug-likeness (QED) is 0.175. The van der Waals surface area contributed by atoms with Gasteiger partial charge >= 0.3 is 0 Å². The average molecular weight is 518 g/mol. The molecular weight excluding hydrogens is 484 g/mol. The van der Waals surface area contributed by atoms with Crippen LogP contribution in [0.4, 0.5) is 8.78 Å². The van der Waals surface area contributed by atoms with Gasteiger partial charge in [0, 0.05) is 54.7 Å². The van der Waals surface area contributed by atoms with Crippen LogP contribution >= 0.6 is 0 Å². The number of hydrogen-bond donors (Lipinski definition) is 3. The first-order valence-electron chi connectivity index (χ1n) is 13.0. The van der Waals surface area contributed by atoms with Crippen LogP contribution in [0.1, 0.15) is 48.6 Å². The third-order valence-electron chi connectivity index (χ3n) is 7.22. The summed E-state index contributed by atoms with van der Waals surface area (Å²) in [4.78, 5) is 7.85. The first-order valence-corrected chi connectivity index (χ1v) is 13.0. The van der Waals surface area contributed by atoms with Crippen molar-refractivity contribution in [3.05, 3.63) is 88.9 Å². The standard InChI is InChI=1S/C29H33F2N7/c1-4-5-12-29(15-19-16-34-38(3)18-19)27-25(24-11-10-22(31)13-26(24)35-27)14-23(36-29)17-33-37-28(32-2)20-6-8-21(30)9-7-20/h6-11,13,16-18,23,35-36H,4-5,12,14-15H2,1-3H3,(H,32,37)/b33-17-. The first-order chi connectivity index (χ1) is 18.4. The van der Waals surface area contributed by atoms with Gasteiger partial charge in [-0.3, -0.25) is 20.4 Å². The minimum Gasteiger partial charge on any atom is -0.357 e. The third kappa shape index (κ3) is 5.24. The van der Waals surface area contributed by atoms with E-state index in [1.165, 1.54) is 23.8 Å². The second-order valence-electron chi connectivity index (χ2n) is 9.98. The fourth-order valence-corrected chi connectivity index (χ4v) is 5.49. The molecule has 0 amide bonds. The molecule has 2 aromatic carbocycles. The summed E-state index contributed by atoms with van der Waals surface area (Å²) in [5.74, 6) is -0.0107. The molecule has 0 aliphatic carbocycles. The van der Waals surface area contributed by atoms with Crippen molar-refractivity contribution in [2.75, 3.05) is 7.05 Å². The lowest BCUT2D eigenvalue weighted by Gasteiger charge is -2.42. The van der Waals surface area contributed by atoms with Crippen molar-refractivity contribution in [2.24, 2.45) is 17.1 Å². The van der Waals surface area contributed by atoms with Gasteiger partial charge in [0.15, 0.2) is 0 Å². The van der Waals surface area contributed by atoms with Crippen LogP contribution in [-0.2, 0) is 25.4 Å². The number of hydrogen-bond acceptors (Lipinski definition) is 4. The number of benzene rings is 2. The van der Waals surface area contributed by atoms with Gasteiger partial charge < -0.3 is 4.98 Å². The Labute approximate surface area is 221 Å². The molecule has 0 saturated heterocycles. The van der Waals surface area contributed by atoms with Crippen molar-refractivity contribution in [1.29, 1.82) is 0 Å². The number of aromatic nitrogens is 3. The third-order valence-corrected chi connectivity index (χ3v) is 7.22. The number of H-pyrrole nitrogens is 1. The number of hydrazone groups is 1. The van der Waals surface area contributed by atoms with Gasteiger partial charge in [0.1, 0.15) is 17.5 Å². The molecule has 2 unspecified atom stereocenters. The molecule has 3 heterocycles. The number of fused-ring (bicyclic) bond motifs is 3. The summed E-state index contributed by atoms with van der Waals surface area (Å²) in [6, 6.07) is 11.0. The SMILES string of the molecule is CCCCC1(Cc2cnn(C)c2)NC(/C=N\NC(=NC)c2ccc(F)cc2)Cc2c1[nH]c1cc(F)ccc21. The highest BCUT2D eigenvalue weighted by molar-refractivity contribution is 5.98. The van der Waals surface area contributed by atoms with Gasteiger partial charge in [-0.25, -0.2) is 8.78 Å². The Morgan fingerprint density at radius 1 is 1.21 bits per heavy atom. The van der Waals surface area contributed by atoms with E-state index in [0.29, 0.717) is 12.3 Å². The average Bonchev–Trinajstić information content (AvgIpc) is 3.48. The van der Waals surface area contributed by atoms with Crippen molar-refractivity contribution in [3.8, 4) is 0 Å². The van der Waals surface area contributed by atoms with Crippen LogP contribution in [0.3, 0.4) is 0 Å². The molecule has 4 aromatic rings. The zero-order valence-corrected chi connectivity index (χ0v) is 21.9. The highest BCUT2D eigenvalue weighted by Crippen LogP contribution is 2.40. The molecule has 1 aliphatic rings. The van der Waals surface area contributed by atoms with E-state index in [2.05, 4.69) is 37.8 Å².